The Hall–Kier alpha value is -1.10. The summed E-state index contributed by atoms with van der Waals surface area (Å²) in [5.41, 5.74) is -0.527. The second-order valence-corrected chi connectivity index (χ2v) is 5.60. The highest BCUT2D eigenvalue weighted by Crippen LogP contribution is 2.22. The van der Waals surface area contributed by atoms with Crippen molar-refractivity contribution in [2.75, 3.05) is 13.7 Å². The minimum atomic E-state index is -0.527. The summed E-state index contributed by atoms with van der Waals surface area (Å²) in [5.74, 6) is -0.470. The molecule has 18 heavy (non-hydrogen) atoms. The highest BCUT2D eigenvalue weighted by molar-refractivity contribution is 5.87. The third-order valence-corrected chi connectivity index (χ3v) is 2.92. The average molecular weight is 257 g/mol. The molecule has 104 valence electrons. The summed E-state index contributed by atoms with van der Waals surface area (Å²) in [6, 6.07) is -0.464. The van der Waals surface area contributed by atoms with Crippen LogP contribution in [0.1, 0.15) is 40.5 Å². The van der Waals surface area contributed by atoms with Gasteiger partial charge in [0.2, 0.25) is 0 Å². The number of carbonyl (C=O) groups excluding carboxylic acids is 2. The van der Waals surface area contributed by atoms with Crippen molar-refractivity contribution in [3.8, 4) is 0 Å². The second-order valence-electron chi connectivity index (χ2n) is 5.60. The summed E-state index contributed by atoms with van der Waals surface area (Å²) >= 11 is 0. The van der Waals surface area contributed by atoms with Gasteiger partial charge in [0.05, 0.1) is 0 Å². The van der Waals surface area contributed by atoms with Gasteiger partial charge in [0.1, 0.15) is 17.7 Å². The van der Waals surface area contributed by atoms with Crippen LogP contribution in [-0.4, -0.2) is 48.2 Å². The number of ether oxygens (including phenoxy) is 2. The monoisotopic (exact) mass is 257 g/mol. The predicted molar refractivity (Wildman–Crippen MR) is 67.1 cm³/mol. The molecule has 0 saturated carbocycles. The second kappa shape index (κ2) is 5.69. The van der Waals surface area contributed by atoms with Gasteiger partial charge >= 0.3 is 5.97 Å². The number of nitrogens with zero attached hydrogens (tertiary/aromatic N) is 1. The van der Waals surface area contributed by atoms with E-state index in [2.05, 4.69) is 0 Å². The van der Waals surface area contributed by atoms with Crippen LogP contribution in [0.15, 0.2) is 0 Å². The number of methoxy groups -OCH3 is 1. The maximum absolute atomic E-state index is 12.0. The summed E-state index contributed by atoms with van der Waals surface area (Å²) < 4.78 is 10.4. The van der Waals surface area contributed by atoms with E-state index < -0.39 is 17.7 Å². The van der Waals surface area contributed by atoms with Gasteiger partial charge in [-0.3, -0.25) is 4.79 Å². The van der Waals surface area contributed by atoms with Crippen LogP contribution in [0.25, 0.3) is 0 Å². The lowest BCUT2D eigenvalue weighted by Crippen LogP contribution is -2.47. The maximum Gasteiger partial charge on any atom is 0.329 e. The van der Waals surface area contributed by atoms with Crippen LogP contribution in [-0.2, 0) is 19.1 Å². The van der Waals surface area contributed by atoms with Crippen LogP contribution >= 0.6 is 0 Å². The van der Waals surface area contributed by atoms with Gasteiger partial charge in [0, 0.05) is 13.7 Å². The molecule has 1 heterocycles. The van der Waals surface area contributed by atoms with Crippen molar-refractivity contribution in [3.63, 3.8) is 0 Å². The van der Waals surface area contributed by atoms with Crippen LogP contribution in [0.4, 0.5) is 0 Å². The molecule has 5 heteroatoms. The molecule has 0 N–H and O–H groups in total. The summed E-state index contributed by atoms with van der Waals surface area (Å²) in [7, 11) is 1.49. The van der Waals surface area contributed by atoms with E-state index in [1.807, 2.05) is 20.8 Å². The molecule has 1 unspecified atom stereocenters. The molecule has 0 bridgehead atoms. The number of amides is 1. The number of hydrogen-bond donors (Lipinski definition) is 0. The van der Waals surface area contributed by atoms with E-state index in [-0.39, 0.29) is 11.9 Å². The first-order chi connectivity index (χ1) is 8.26. The standard InChI is InChI=1S/C13H23NO4/c1-9(17-5)11(15)14-8-6-7-10(14)12(16)18-13(2,3)4/h9-10H,6-8H2,1-5H3/t9?,10-/m1/s1. The average Bonchev–Trinajstić information content (AvgIpc) is 2.73. The van der Waals surface area contributed by atoms with Crippen LogP contribution < -0.4 is 0 Å². The zero-order valence-corrected chi connectivity index (χ0v) is 11.9. The lowest BCUT2D eigenvalue weighted by atomic mass is 10.1. The number of likely N-dealkylation sites (tertiary alicyclic amines) is 1. The highest BCUT2D eigenvalue weighted by atomic mass is 16.6. The van der Waals surface area contributed by atoms with Crippen molar-refractivity contribution >= 4 is 11.9 Å². The Balaban J connectivity index is 2.70. The van der Waals surface area contributed by atoms with Gasteiger partial charge in [-0.1, -0.05) is 0 Å². The van der Waals surface area contributed by atoms with Crippen LogP contribution in [0.5, 0.6) is 0 Å². The van der Waals surface area contributed by atoms with E-state index in [0.717, 1.165) is 6.42 Å². The van der Waals surface area contributed by atoms with Crippen molar-refractivity contribution in [2.45, 2.75) is 58.3 Å². The molecule has 2 atom stereocenters. The Morgan fingerprint density at radius 3 is 2.44 bits per heavy atom. The molecule has 0 radical (unpaired) electrons. The molecule has 5 nitrogen and oxygen atoms in total. The SMILES string of the molecule is COC(C)C(=O)N1CCC[C@@H]1C(=O)OC(C)(C)C. The first-order valence-electron chi connectivity index (χ1n) is 6.32. The van der Waals surface area contributed by atoms with E-state index in [9.17, 15) is 9.59 Å². The van der Waals surface area contributed by atoms with Crippen molar-refractivity contribution in [3.05, 3.63) is 0 Å². The van der Waals surface area contributed by atoms with Crippen molar-refractivity contribution in [1.82, 2.24) is 4.90 Å². The Morgan fingerprint density at radius 1 is 1.33 bits per heavy atom. The molecule has 1 aliphatic rings. The molecule has 0 aliphatic carbocycles. The van der Waals surface area contributed by atoms with Crippen LogP contribution in [0, 0.1) is 0 Å². The molecular formula is C13H23NO4. The number of carbonyl (C=O) groups is 2. The van der Waals surface area contributed by atoms with Gasteiger partial charge in [-0.15, -0.1) is 0 Å². The van der Waals surface area contributed by atoms with Crippen molar-refractivity contribution in [1.29, 1.82) is 0 Å². The van der Waals surface area contributed by atoms with Gasteiger partial charge < -0.3 is 14.4 Å². The molecule has 1 fully saturated rings. The summed E-state index contributed by atoms with van der Waals surface area (Å²) in [6.07, 6.45) is 0.969. The Morgan fingerprint density at radius 2 is 1.94 bits per heavy atom. The lowest BCUT2D eigenvalue weighted by molar-refractivity contribution is -0.165. The third-order valence-electron chi connectivity index (χ3n) is 2.92. The topological polar surface area (TPSA) is 55.8 Å². The molecule has 1 rings (SSSR count). The zero-order valence-electron chi connectivity index (χ0n) is 11.9. The largest absolute Gasteiger partial charge is 0.458 e. The normalized spacial score (nSPS) is 21.8. The van der Waals surface area contributed by atoms with Crippen molar-refractivity contribution in [2.24, 2.45) is 0 Å². The Bertz CT molecular complexity index is 321. The fourth-order valence-corrected chi connectivity index (χ4v) is 1.98. The van der Waals surface area contributed by atoms with Gasteiger partial charge in [-0.2, -0.15) is 0 Å². The van der Waals surface area contributed by atoms with E-state index in [1.54, 1.807) is 11.8 Å². The summed E-state index contributed by atoms with van der Waals surface area (Å²) in [6.45, 7) is 7.75. The molecule has 0 aromatic heterocycles. The smallest absolute Gasteiger partial charge is 0.329 e. The molecular weight excluding hydrogens is 234 g/mol. The van der Waals surface area contributed by atoms with Crippen LogP contribution in [0.3, 0.4) is 0 Å². The van der Waals surface area contributed by atoms with Crippen LogP contribution in [0.2, 0.25) is 0 Å². The van der Waals surface area contributed by atoms with Gasteiger partial charge in [0.15, 0.2) is 0 Å². The minimum absolute atomic E-state index is 0.147. The quantitative estimate of drug-likeness (QED) is 0.716. The summed E-state index contributed by atoms with van der Waals surface area (Å²) in [5, 5.41) is 0. The van der Waals surface area contributed by atoms with Gasteiger partial charge in [-0.25, -0.2) is 4.79 Å². The number of esters is 1. The Kier molecular flexibility index (Phi) is 4.73. The highest BCUT2D eigenvalue weighted by Gasteiger charge is 2.38. The fourth-order valence-electron chi connectivity index (χ4n) is 1.98. The molecule has 0 spiro atoms. The van der Waals surface area contributed by atoms with E-state index in [0.29, 0.717) is 13.0 Å². The fraction of sp³-hybridized carbons (Fsp3) is 0.846. The Labute approximate surface area is 108 Å². The first kappa shape index (κ1) is 15.0. The lowest BCUT2D eigenvalue weighted by Gasteiger charge is -2.28. The molecule has 0 aromatic carbocycles. The summed E-state index contributed by atoms with van der Waals surface area (Å²) in [4.78, 5) is 25.7. The zero-order chi connectivity index (χ0) is 13.9. The van der Waals surface area contributed by atoms with Gasteiger partial charge in [0.25, 0.3) is 5.91 Å². The van der Waals surface area contributed by atoms with Crippen molar-refractivity contribution < 1.29 is 19.1 Å². The van der Waals surface area contributed by atoms with Gasteiger partial charge in [-0.05, 0) is 40.5 Å². The van der Waals surface area contributed by atoms with E-state index in [1.165, 1.54) is 7.11 Å². The minimum Gasteiger partial charge on any atom is -0.458 e. The van der Waals surface area contributed by atoms with E-state index in [4.69, 9.17) is 9.47 Å². The third kappa shape index (κ3) is 3.70. The molecule has 0 aromatic rings. The predicted octanol–water partition coefficient (Wildman–Crippen LogP) is 1.35. The molecule has 1 saturated heterocycles. The molecule has 1 amide bonds. The van der Waals surface area contributed by atoms with E-state index >= 15 is 0 Å². The first-order valence-corrected chi connectivity index (χ1v) is 6.32. The number of hydrogen-bond acceptors (Lipinski definition) is 4. The maximum atomic E-state index is 12.0. The molecule has 1 aliphatic heterocycles. The number of rotatable bonds is 3.